The number of hydrogen-bond donors (Lipinski definition) is 3. The number of phosphoric acid groups is 1. The first-order valence-electron chi connectivity index (χ1n) is 19.0. The lowest BCUT2D eigenvalue weighted by Gasteiger charge is -2.20. The molecule has 0 bridgehead atoms. The number of esters is 2. The van der Waals surface area contributed by atoms with Crippen LogP contribution in [-0.4, -0.2) is 59.9 Å². The van der Waals surface area contributed by atoms with Gasteiger partial charge in [0.05, 0.1) is 13.2 Å². The molecular weight excluding hydrogens is 685 g/mol. The van der Waals surface area contributed by atoms with Crippen molar-refractivity contribution in [1.82, 2.24) is 0 Å². The molecule has 0 aliphatic heterocycles. The number of carboxylic acid groups (broad SMARTS) is 1. The van der Waals surface area contributed by atoms with Gasteiger partial charge in [-0.25, -0.2) is 4.57 Å². The molecular formula is C40H66NO10P. The third-order valence-electron chi connectivity index (χ3n) is 7.44. The van der Waals surface area contributed by atoms with Crippen LogP contribution in [0.4, 0.5) is 0 Å². The minimum Gasteiger partial charge on any atom is -0.480 e. The fraction of sp³-hybridized carbons (Fsp3) is 0.625. The molecule has 0 rings (SSSR count). The molecule has 4 N–H and O–H groups in total. The minimum absolute atomic E-state index is 0.134. The Kier molecular flexibility index (Phi) is 32.9. The fourth-order valence-electron chi connectivity index (χ4n) is 4.43. The predicted molar refractivity (Wildman–Crippen MR) is 207 cm³/mol. The summed E-state index contributed by atoms with van der Waals surface area (Å²) in [4.78, 5) is 45.7. The average molecular weight is 752 g/mol. The number of carboxylic acids is 1. The maximum Gasteiger partial charge on any atom is 0.472 e. The van der Waals surface area contributed by atoms with Crippen molar-refractivity contribution in [2.24, 2.45) is 5.73 Å². The standard InChI is InChI=1S/C40H66NO10P/c1-3-5-7-9-11-13-15-16-17-18-19-20-22-23-25-27-29-31-38(42)48-33-36(34-49-52(46,47)50-35-37(41)40(44)45)51-39(43)32-30-28-26-24-21-14-12-10-8-6-4-2/h5,7,10-13,16-17,19-20,23,25,36-37H,3-4,6,8-9,14-15,18,21-22,24,26-35,41H2,1-2H3,(H,44,45)(H,46,47)/b7-5+,12-10+,13-11+,17-16+,20-19+,25-23+/t36-,37+/m0/s1. The zero-order chi connectivity index (χ0) is 38.5. The van der Waals surface area contributed by atoms with Gasteiger partial charge in [-0.2, -0.15) is 0 Å². The van der Waals surface area contributed by atoms with Crippen LogP contribution in [-0.2, 0) is 37.5 Å². The Hall–Kier alpha value is -3.08. The molecule has 11 nitrogen and oxygen atoms in total. The van der Waals surface area contributed by atoms with Crippen LogP contribution in [0, 0.1) is 0 Å². The van der Waals surface area contributed by atoms with Crippen LogP contribution in [0.5, 0.6) is 0 Å². The molecule has 0 heterocycles. The number of carbonyl (C=O) groups is 3. The number of hydrogen-bond acceptors (Lipinski definition) is 9. The topological polar surface area (TPSA) is 172 Å². The normalized spacial score (nSPS) is 14.7. The van der Waals surface area contributed by atoms with E-state index in [-0.39, 0.29) is 19.4 Å². The summed E-state index contributed by atoms with van der Waals surface area (Å²) in [5.41, 5.74) is 5.31. The number of rotatable bonds is 34. The molecule has 296 valence electrons. The van der Waals surface area contributed by atoms with Gasteiger partial charge in [-0.3, -0.25) is 23.4 Å². The maximum atomic E-state index is 12.5. The van der Waals surface area contributed by atoms with Crippen molar-refractivity contribution in [3.8, 4) is 0 Å². The summed E-state index contributed by atoms with van der Waals surface area (Å²) in [5.74, 6) is -2.48. The van der Waals surface area contributed by atoms with Gasteiger partial charge in [0.15, 0.2) is 6.10 Å². The number of ether oxygens (including phenoxy) is 2. The summed E-state index contributed by atoms with van der Waals surface area (Å²) in [6.07, 6.45) is 39.9. The van der Waals surface area contributed by atoms with Crippen molar-refractivity contribution in [3.05, 3.63) is 72.9 Å². The van der Waals surface area contributed by atoms with Crippen LogP contribution in [0.3, 0.4) is 0 Å². The quantitative estimate of drug-likeness (QED) is 0.0248. The van der Waals surface area contributed by atoms with E-state index in [9.17, 15) is 23.8 Å². The highest BCUT2D eigenvalue weighted by atomic mass is 31.2. The summed E-state index contributed by atoms with van der Waals surface area (Å²) in [6.45, 7) is 2.54. The third-order valence-corrected chi connectivity index (χ3v) is 8.39. The van der Waals surface area contributed by atoms with E-state index in [1.165, 1.54) is 12.8 Å². The first kappa shape index (κ1) is 48.9. The van der Waals surface area contributed by atoms with E-state index in [4.69, 9.17) is 24.8 Å². The summed E-state index contributed by atoms with van der Waals surface area (Å²) >= 11 is 0. The Bertz CT molecular complexity index is 1160. The Morgan fingerprint density at radius 1 is 0.615 bits per heavy atom. The number of aliphatic carboxylic acids is 1. The van der Waals surface area contributed by atoms with Crippen molar-refractivity contribution in [2.45, 2.75) is 142 Å². The summed E-state index contributed by atoms with van der Waals surface area (Å²) in [6, 6.07) is -1.53. The van der Waals surface area contributed by atoms with Gasteiger partial charge in [0.25, 0.3) is 0 Å². The summed E-state index contributed by atoms with van der Waals surface area (Å²) < 4.78 is 32.5. The number of allylic oxidation sites excluding steroid dienone is 12. The molecule has 52 heavy (non-hydrogen) atoms. The second-order valence-electron chi connectivity index (χ2n) is 12.3. The van der Waals surface area contributed by atoms with Crippen LogP contribution in [0.2, 0.25) is 0 Å². The van der Waals surface area contributed by atoms with Crippen LogP contribution in [0.25, 0.3) is 0 Å². The molecule has 0 aliphatic rings. The molecule has 3 atom stereocenters. The van der Waals surface area contributed by atoms with Crippen LogP contribution in [0.15, 0.2) is 72.9 Å². The lowest BCUT2D eigenvalue weighted by molar-refractivity contribution is -0.161. The highest BCUT2D eigenvalue weighted by Gasteiger charge is 2.28. The maximum absolute atomic E-state index is 12.5. The van der Waals surface area contributed by atoms with Crippen LogP contribution in [0.1, 0.15) is 129 Å². The predicted octanol–water partition coefficient (Wildman–Crippen LogP) is 9.39. The first-order valence-corrected chi connectivity index (χ1v) is 20.5. The molecule has 0 saturated heterocycles. The van der Waals surface area contributed by atoms with Gasteiger partial charge in [0.2, 0.25) is 0 Å². The Labute approximate surface area is 312 Å². The second kappa shape index (κ2) is 35.0. The summed E-state index contributed by atoms with van der Waals surface area (Å²) in [5, 5.41) is 8.85. The van der Waals surface area contributed by atoms with Gasteiger partial charge >= 0.3 is 25.7 Å². The molecule has 1 unspecified atom stereocenters. The molecule has 0 saturated carbocycles. The molecule has 0 fully saturated rings. The van der Waals surface area contributed by atoms with Gasteiger partial charge in [-0.1, -0.05) is 119 Å². The highest BCUT2D eigenvalue weighted by molar-refractivity contribution is 7.47. The number of nitrogens with two attached hydrogens (primary N) is 1. The van der Waals surface area contributed by atoms with Crippen LogP contribution >= 0.6 is 7.82 Å². The molecule has 0 aromatic heterocycles. The summed E-state index contributed by atoms with van der Waals surface area (Å²) in [7, 11) is -4.73. The number of phosphoric ester groups is 1. The average Bonchev–Trinajstić information content (AvgIpc) is 3.12. The van der Waals surface area contributed by atoms with Crippen molar-refractivity contribution < 1.29 is 47.5 Å². The molecule has 0 aromatic carbocycles. The van der Waals surface area contributed by atoms with Crippen molar-refractivity contribution >= 4 is 25.7 Å². The van der Waals surface area contributed by atoms with E-state index >= 15 is 0 Å². The van der Waals surface area contributed by atoms with E-state index in [2.05, 4.69) is 79.1 Å². The van der Waals surface area contributed by atoms with Crippen molar-refractivity contribution in [3.63, 3.8) is 0 Å². The van der Waals surface area contributed by atoms with E-state index in [1.807, 2.05) is 12.2 Å². The molecule has 0 amide bonds. The zero-order valence-corrected chi connectivity index (χ0v) is 32.5. The fourth-order valence-corrected chi connectivity index (χ4v) is 5.21. The Morgan fingerprint density at radius 3 is 1.69 bits per heavy atom. The van der Waals surface area contributed by atoms with Gasteiger partial charge in [0, 0.05) is 12.8 Å². The van der Waals surface area contributed by atoms with Gasteiger partial charge in [0.1, 0.15) is 12.6 Å². The van der Waals surface area contributed by atoms with Crippen molar-refractivity contribution in [2.75, 3.05) is 19.8 Å². The Balaban J connectivity index is 4.55. The number of unbranched alkanes of at least 4 members (excludes halogenated alkanes) is 8. The lowest BCUT2D eigenvalue weighted by atomic mass is 10.1. The van der Waals surface area contributed by atoms with E-state index < -0.39 is 51.1 Å². The largest absolute Gasteiger partial charge is 0.480 e. The molecule has 0 aromatic rings. The molecule has 0 aliphatic carbocycles. The van der Waals surface area contributed by atoms with Gasteiger partial charge in [-0.15, -0.1) is 0 Å². The van der Waals surface area contributed by atoms with Gasteiger partial charge < -0.3 is 25.2 Å². The second-order valence-corrected chi connectivity index (χ2v) is 13.8. The van der Waals surface area contributed by atoms with Gasteiger partial charge in [-0.05, 0) is 70.6 Å². The monoisotopic (exact) mass is 751 g/mol. The van der Waals surface area contributed by atoms with E-state index in [1.54, 1.807) is 0 Å². The molecule has 0 radical (unpaired) electrons. The first-order chi connectivity index (χ1) is 25.1. The zero-order valence-electron chi connectivity index (χ0n) is 31.6. The molecule has 0 spiro atoms. The Morgan fingerprint density at radius 2 is 1.10 bits per heavy atom. The van der Waals surface area contributed by atoms with Crippen LogP contribution < -0.4 is 5.73 Å². The van der Waals surface area contributed by atoms with Crippen molar-refractivity contribution in [1.29, 1.82) is 0 Å². The molecule has 12 heteroatoms. The highest BCUT2D eigenvalue weighted by Crippen LogP contribution is 2.43. The smallest absolute Gasteiger partial charge is 0.472 e. The van der Waals surface area contributed by atoms with E-state index in [0.29, 0.717) is 19.3 Å². The van der Waals surface area contributed by atoms with E-state index in [0.717, 1.165) is 70.6 Å². The number of carbonyl (C=O) groups excluding carboxylic acids is 2. The SMILES string of the molecule is CC/C=C/C/C=C/C/C=C/C/C=C/C/C=C/CCCC(=O)OC[C@@H](COP(=O)(O)OC[C@@H](N)C(=O)O)OC(=O)CCCCCCC/C=C/CCCC. The third kappa shape index (κ3) is 34.0. The lowest BCUT2D eigenvalue weighted by Crippen LogP contribution is -2.34. The minimum atomic E-state index is -4.73.